The zero-order valence-electron chi connectivity index (χ0n) is 10.1. The van der Waals surface area contributed by atoms with Crippen LogP contribution < -0.4 is 5.32 Å². The van der Waals surface area contributed by atoms with E-state index in [1.807, 2.05) is 6.07 Å². The lowest BCUT2D eigenvalue weighted by molar-refractivity contribution is 0.370. The van der Waals surface area contributed by atoms with Gasteiger partial charge < -0.3 is 9.73 Å². The average Bonchev–Trinajstić information content (AvgIpc) is 2.78. The van der Waals surface area contributed by atoms with Gasteiger partial charge in [0.25, 0.3) is 0 Å². The molecule has 96 valence electrons. The topological polar surface area (TPSA) is 59.3 Å². The molecule has 1 fully saturated rings. The van der Waals surface area contributed by atoms with E-state index in [0.29, 0.717) is 6.04 Å². The molecule has 4 nitrogen and oxygen atoms in total. The van der Waals surface area contributed by atoms with Gasteiger partial charge in [-0.05, 0) is 25.3 Å². The monoisotopic (exact) mass is 257 g/mol. The Bertz CT molecular complexity index is 438. The Morgan fingerprint density at radius 1 is 1.47 bits per heavy atom. The third kappa shape index (κ3) is 3.57. The summed E-state index contributed by atoms with van der Waals surface area (Å²) in [7, 11) is -2.89. The minimum atomic E-state index is -2.89. The predicted molar refractivity (Wildman–Crippen MR) is 66.4 cm³/mol. The van der Waals surface area contributed by atoms with Crippen LogP contribution in [0.5, 0.6) is 0 Å². The lowest BCUT2D eigenvalue weighted by Crippen LogP contribution is -2.38. The van der Waals surface area contributed by atoms with Gasteiger partial charge in [0.05, 0.1) is 17.8 Å². The van der Waals surface area contributed by atoms with Crippen LogP contribution in [0, 0.1) is 0 Å². The maximum Gasteiger partial charge on any atom is 0.150 e. The maximum absolute atomic E-state index is 11.5. The Kier molecular flexibility index (Phi) is 3.89. The molecule has 1 N–H and O–H groups in total. The Morgan fingerprint density at radius 2 is 2.29 bits per heavy atom. The summed E-state index contributed by atoms with van der Waals surface area (Å²) in [5.74, 6) is 0. The summed E-state index contributed by atoms with van der Waals surface area (Å²) < 4.78 is 28.0. The number of rotatable bonds is 4. The van der Waals surface area contributed by atoms with Gasteiger partial charge in [-0.1, -0.05) is 6.42 Å². The van der Waals surface area contributed by atoms with Gasteiger partial charge in [0.2, 0.25) is 0 Å². The quantitative estimate of drug-likeness (QED) is 0.892. The molecule has 1 aliphatic rings. The maximum atomic E-state index is 11.5. The number of hydrogen-bond donors (Lipinski definition) is 1. The van der Waals surface area contributed by atoms with Gasteiger partial charge in [-0.25, -0.2) is 8.42 Å². The highest BCUT2D eigenvalue weighted by Gasteiger charge is 2.28. The Morgan fingerprint density at radius 3 is 2.94 bits per heavy atom. The standard InChI is InChI=1S/C12H19NO3S/c1-17(14,15)12-4-2-3-11(7-12)13-8-10-5-6-16-9-10/h5-6,9,11-13H,2-4,7-8H2,1H3. The molecule has 1 aromatic heterocycles. The van der Waals surface area contributed by atoms with E-state index < -0.39 is 9.84 Å². The van der Waals surface area contributed by atoms with Crippen LogP contribution in [0.15, 0.2) is 23.0 Å². The molecule has 2 rings (SSSR count). The van der Waals surface area contributed by atoms with E-state index in [1.165, 1.54) is 6.26 Å². The molecule has 0 amide bonds. The fourth-order valence-corrected chi connectivity index (χ4v) is 3.55. The van der Waals surface area contributed by atoms with Crippen molar-refractivity contribution in [1.29, 1.82) is 0 Å². The van der Waals surface area contributed by atoms with Gasteiger partial charge in [0, 0.05) is 24.4 Å². The Labute approximate surface area is 102 Å². The summed E-state index contributed by atoms with van der Waals surface area (Å²) in [5.41, 5.74) is 1.10. The highest BCUT2D eigenvalue weighted by atomic mass is 32.2. The Balaban J connectivity index is 1.85. The minimum Gasteiger partial charge on any atom is -0.472 e. The van der Waals surface area contributed by atoms with Crippen molar-refractivity contribution in [2.24, 2.45) is 0 Å². The summed E-state index contributed by atoms with van der Waals surface area (Å²) in [6, 6.07) is 2.22. The van der Waals surface area contributed by atoms with Crippen molar-refractivity contribution in [3.05, 3.63) is 24.2 Å². The van der Waals surface area contributed by atoms with E-state index in [4.69, 9.17) is 4.42 Å². The number of nitrogens with one attached hydrogen (secondary N) is 1. The molecular formula is C12H19NO3S. The molecule has 1 aliphatic carbocycles. The van der Waals surface area contributed by atoms with E-state index in [2.05, 4.69) is 5.32 Å². The lowest BCUT2D eigenvalue weighted by atomic mass is 9.95. The molecule has 0 spiro atoms. The van der Waals surface area contributed by atoms with Crippen molar-refractivity contribution in [2.75, 3.05) is 6.26 Å². The average molecular weight is 257 g/mol. The molecule has 0 radical (unpaired) electrons. The van der Waals surface area contributed by atoms with Crippen molar-refractivity contribution in [2.45, 2.75) is 43.5 Å². The van der Waals surface area contributed by atoms with Gasteiger partial charge in [-0.3, -0.25) is 0 Å². The second-order valence-electron chi connectivity index (χ2n) is 4.83. The second-order valence-corrected chi connectivity index (χ2v) is 7.15. The third-order valence-electron chi connectivity index (χ3n) is 3.41. The van der Waals surface area contributed by atoms with Crippen LogP contribution >= 0.6 is 0 Å². The molecular weight excluding hydrogens is 238 g/mol. The summed E-state index contributed by atoms with van der Waals surface area (Å²) in [5, 5.41) is 3.23. The normalized spacial score (nSPS) is 25.9. The van der Waals surface area contributed by atoms with Crippen molar-refractivity contribution in [3.63, 3.8) is 0 Å². The molecule has 17 heavy (non-hydrogen) atoms. The van der Waals surface area contributed by atoms with Gasteiger partial charge in [0.15, 0.2) is 0 Å². The largest absolute Gasteiger partial charge is 0.472 e. The zero-order valence-corrected chi connectivity index (χ0v) is 10.9. The van der Waals surface area contributed by atoms with Crippen molar-refractivity contribution in [1.82, 2.24) is 5.32 Å². The summed E-state index contributed by atoms with van der Waals surface area (Å²) in [6.07, 6.45) is 8.29. The number of sulfone groups is 1. The smallest absolute Gasteiger partial charge is 0.150 e. The Hall–Kier alpha value is -0.810. The molecule has 0 saturated heterocycles. The molecule has 1 saturated carbocycles. The van der Waals surface area contributed by atoms with Gasteiger partial charge in [-0.2, -0.15) is 0 Å². The summed E-state index contributed by atoms with van der Waals surface area (Å²) in [6.45, 7) is 0.748. The fourth-order valence-electron chi connectivity index (χ4n) is 2.37. The molecule has 0 aromatic carbocycles. The van der Waals surface area contributed by atoms with Crippen LogP contribution in [-0.4, -0.2) is 26.0 Å². The van der Waals surface area contributed by atoms with Crippen LogP contribution in [0.1, 0.15) is 31.2 Å². The molecule has 1 aromatic rings. The highest BCUT2D eigenvalue weighted by molar-refractivity contribution is 7.91. The van der Waals surface area contributed by atoms with Crippen LogP contribution in [0.2, 0.25) is 0 Å². The van der Waals surface area contributed by atoms with Gasteiger partial charge >= 0.3 is 0 Å². The first kappa shape index (κ1) is 12.6. The lowest BCUT2D eigenvalue weighted by Gasteiger charge is -2.28. The van der Waals surface area contributed by atoms with Crippen LogP contribution in [0.4, 0.5) is 0 Å². The number of furan rings is 1. The first-order valence-electron chi connectivity index (χ1n) is 5.99. The third-order valence-corrected chi connectivity index (χ3v) is 5.05. The van der Waals surface area contributed by atoms with E-state index in [9.17, 15) is 8.42 Å². The molecule has 2 unspecified atom stereocenters. The number of hydrogen-bond acceptors (Lipinski definition) is 4. The van der Waals surface area contributed by atoms with Crippen LogP contribution in [0.3, 0.4) is 0 Å². The van der Waals surface area contributed by atoms with Crippen LogP contribution in [0.25, 0.3) is 0 Å². The van der Waals surface area contributed by atoms with Crippen LogP contribution in [-0.2, 0) is 16.4 Å². The van der Waals surface area contributed by atoms with E-state index in [0.717, 1.165) is 37.8 Å². The molecule has 1 heterocycles. The van der Waals surface area contributed by atoms with E-state index in [-0.39, 0.29) is 5.25 Å². The van der Waals surface area contributed by atoms with Crippen molar-refractivity contribution < 1.29 is 12.8 Å². The minimum absolute atomic E-state index is 0.168. The molecule has 0 aliphatic heterocycles. The zero-order chi connectivity index (χ0) is 12.3. The van der Waals surface area contributed by atoms with Gasteiger partial charge in [-0.15, -0.1) is 0 Å². The summed E-state index contributed by atoms with van der Waals surface area (Å²) in [4.78, 5) is 0. The summed E-state index contributed by atoms with van der Waals surface area (Å²) >= 11 is 0. The highest BCUT2D eigenvalue weighted by Crippen LogP contribution is 2.24. The van der Waals surface area contributed by atoms with E-state index >= 15 is 0 Å². The first-order chi connectivity index (χ1) is 8.05. The van der Waals surface area contributed by atoms with Crippen molar-refractivity contribution >= 4 is 9.84 Å². The van der Waals surface area contributed by atoms with Gasteiger partial charge in [0.1, 0.15) is 9.84 Å². The molecule has 2 atom stereocenters. The fraction of sp³-hybridized carbons (Fsp3) is 0.667. The van der Waals surface area contributed by atoms with E-state index in [1.54, 1.807) is 12.5 Å². The predicted octanol–water partition coefficient (Wildman–Crippen LogP) is 1.72. The van der Waals surface area contributed by atoms with Crippen molar-refractivity contribution in [3.8, 4) is 0 Å². The first-order valence-corrected chi connectivity index (χ1v) is 7.94. The SMILES string of the molecule is CS(=O)(=O)C1CCCC(NCc2ccoc2)C1. The molecule has 5 heteroatoms. The second kappa shape index (κ2) is 5.23. The molecule has 0 bridgehead atoms.